The summed E-state index contributed by atoms with van der Waals surface area (Å²) in [6.07, 6.45) is 7.84. The van der Waals surface area contributed by atoms with Gasteiger partial charge in [0.25, 0.3) is 0 Å². The Labute approximate surface area is 74.4 Å². The van der Waals surface area contributed by atoms with Crippen molar-refractivity contribution in [2.24, 2.45) is 0 Å². The predicted molar refractivity (Wildman–Crippen MR) is 51.6 cm³/mol. The highest BCUT2D eigenvalue weighted by Crippen LogP contribution is 1.98. The van der Waals surface area contributed by atoms with Gasteiger partial charge in [0.2, 0.25) is 5.91 Å². The highest BCUT2D eigenvalue weighted by atomic mass is 16.1. The molecule has 0 bridgehead atoms. The molecule has 0 saturated carbocycles. The van der Waals surface area contributed by atoms with E-state index in [1.807, 2.05) is 26.0 Å². The summed E-state index contributed by atoms with van der Waals surface area (Å²) in [7, 11) is 0. The number of amides is 1. The lowest BCUT2D eigenvalue weighted by Crippen LogP contribution is -2.18. The van der Waals surface area contributed by atoms with E-state index < -0.39 is 0 Å². The molecular weight excluding hydrogens is 150 g/mol. The lowest BCUT2D eigenvalue weighted by molar-refractivity contribution is -0.118. The lowest BCUT2D eigenvalue weighted by Gasteiger charge is -2.03. The Morgan fingerprint density at radius 1 is 1.50 bits per heavy atom. The first-order valence-electron chi connectivity index (χ1n) is 4.28. The van der Waals surface area contributed by atoms with E-state index in [1.165, 1.54) is 6.92 Å². The molecule has 0 aliphatic carbocycles. The second kappa shape index (κ2) is 6.65. The maximum absolute atomic E-state index is 10.7. The zero-order valence-corrected chi connectivity index (χ0v) is 8.05. The highest BCUT2D eigenvalue weighted by Gasteiger charge is 1.93. The molecule has 0 aromatic heterocycles. The summed E-state index contributed by atoms with van der Waals surface area (Å²) >= 11 is 0. The Hall–Kier alpha value is -1.05. The number of rotatable bonds is 4. The summed E-state index contributed by atoms with van der Waals surface area (Å²) in [5.41, 5.74) is 1.00. The summed E-state index contributed by atoms with van der Waals surface area (Å²) in [6, 6.07) is 0. The van der Waals surface area contributed by atoms with Crippen LogP contribution in [-0.2, 0) is 4.79 Å². The van der Waals surface area contributed by atoms with Crippen LogP contribution in [0, 0.1) is 0 Å². The molecule has 1 N–H and O–H groups in total. The van der Waals surface area contributed by atoms with E-state index in [1.54, 1.807) is 0 Å². The summed E-state index contributed by atoms with van der Waals surface area (Å²) in [6.45, 7) is 5.54. The molecule has 0 heterocycles. The average molecular weight is 167 g/mol. The number of hydrogen-bond acceptors (Lipinski definition) is 1. The molecule has 2 nitrogen and oxygen atoms in total. The van der Waals surface area contributed by atoms with Crippen LogP contribution in [0.3, 0.4) is 0 Å². The third-order valence-corrected chi connectivity index (χ3v) is 1.45. The smallest absolute Gasteiger partial charge is 0.220 e. The third kappa shape index (κ3) is 5.71. The third-order valence-electron chi connectivity index (χ3n) is 1.45. The molecule has 0 unspecified atom stereocenters. The van der Waals surface area contributed by atoms with Crippen LogP contribution in [-0.4, -0.2) is 5.91 Å². The van der Waals surface area contributed by atoms with Gasteiger partial charge in [-0.25, -0.2) is 0 Å². The van der Waals surface area contributed by atoms with E-state index in [9.17, 15) is 4.79 Å². The van der Waals surface area contributed by atoms with Gasteiger partial charge in [-0.05, 0) is 19.8 Å². The van der Waals surface area contributed by atoms with Gasteiger partial charge in [-0.3, -0.25) is 4.79 Å². The maximum Gasteiger partial charge on any atom is 0.220 e. The van der Waals surface area contributed by atoms with E-state index in [-0.39, 0.29) is 5.91 Å². The normalized spacial score (nSPS) is 12.1. The zero-order chi connectivity index (χ0) is 9.40. The molecule has 12 heavy (non-hydrogen) atoms. The van der Waals surface area contributed by atoms with Gasteiger partial charge in [-0.1, -0.05) is 25.2 Å². The van der Waals surface area contributed by atoms with Gasteiger partial charge in [0.1, 0.15) is 0 Å². The van der Waals surface area contributed by atoms with Crippen molar-refractivity contribution < 1.29 is 4.79 Å². The van der Waals surface area contributed by atoms with Crippen molar-refractivity contribution in [3.8, 4) is 0 Å². The van der Waals surface area contributed by atoms with Crippen molar-refractivity contribution in [3.05, 3.63) is 23.9 Å². The van der Waals surface area contributed by atoms with Gasteiger partial charge in [0.05, 0.1) is 0 Å². The van der Waals surface area contributed by atoms with E-state index >= 15 is 0 Å². The first-order chi connectivity index (χ1) is 5.70. The van der Waals surface area contributed by atoms with E-state index in [0.717, 1.165) is 18.5 Å². The zero-order valence-electron chi connectivity index (χ0n) is 8.05. The minimum Gasteiger partial charge on any atom is -0.330 e. The maximum atomic E-state index is 10.7. The number of nitrogens with one attached hydrogen (secondary N) is 1. The number of carbonyl (C=O) groups excluding carboxylic acids is 1. The van der Waals surface area contributed by atoms with Gasteiger partial charge in [-0.2, -0.15) is 0 Å². The van der Waals surface area contributed by atoms with Crippen molar-refractivity contribution in [1.82, 2.24) is 5.32 Å². The molecule has 2 heteroatoms. The largest absolute Gasteiger partial charge is 0.330 e. The first-order valence-corrected chi connectivity index (χ1v) is 4.28. The van der Waals surface area contributed by atoms with Crippen LogP contribution < -0.4 is 5.32 Å². The molecule has 0 aromatic rings. The molecule has 0 aromatic carbocycles. The molecule has 0 aliphatic rings. The summed E-state index contributed by atoms with van der Waals surface area (Å²) in [5.74, 6) is 0.00331. The van der Waals surface area contributed by atoms with Gasteiger partial charge in [-0.15, -0.1) is 0 Å². The Morgan fingerprint density at radius 2 is 2.17 bits per heavy atom. The van der Waals surface area contributed by atoms with Crippen molar-refractivity contribution >= 4 is 5.91 Å². The van der Waals surface area contributed by atoms with Crippen LogP contribution in [0.25, 0.3) is 0 Å². The molecular formula is C10H17NO. The fraction of sp³-hybridized carbons (Fsp3) is 0.500. The van der Waals surface area contributed by atoms with Gasteiger partial charge in [0, 0.05) is 12.6 Å². The van der Waals surface area contributed by atoms with Crippen molar-refractivity contribution in [2.75, 3.05) is 0 Å². The number of carbonyl (C=O) groups is 1. The second-order valence-corrected chi connectivity index (χ2v) is 2.57. The molecule has 0 fully saturated rings. The quantitative estimate of drug-likeness (QED) is 0.640. The minimum atomic E-state index is 0.00331. The van der Waals surface area contributed by atoms with Crippen LogP contribution >= 0.6 is 0 Å². The van der Waals surface area contributed by atoms with Crippen molar-refractivity contribution in [3.63, 3.8) is 0 Å². The van der Waals surface area contributed by atoms with Crippen LogP contribution in [0.2, 0.25) is 0 Å². The predicted octanol–water partition coefficient (Wildman–Crippen LogP) is 2.38. The van der Waals surface area contributed by atoms with Crippen LogP contribution in [0.1, 0.15) is 33.6 Å². The fourth-order valence-corrected chi connectivity index (χ4v) is 0.856. The SMILES string of the molecule is C/C=C\C/C=C(\CC)NC(C)=O. The topological polar surface area (TPSA) is 29.1 Å². The standard InChI is InChI=1S/C10H17NO/c1-4-6-7-8-10(5-2)11-9(3)12/h4,6,8H,5,7H2,1-3H3,(H,11,12)/b6-4-,10-8+. The molecule has 0 rings (SSSR count). The minimum absolute atomic E-state index is 0.00331. The molecule has 1 amide bonds. The van der Waals surface area contributed by atoms with Crippen LogP contribution in [0.4, 0.5) is 0 Å². The first kappa shape index (κ1) is 11.0. The van der Waals surface area contributed by atoms with Gasteiger partial charge >= 0.3 is 0 Å². The monoisotopic (exact) mass is 167 g/mol. The molecule has 0 saturated heterocycles. The highest BCUT2D eigenvalue weighted by molar-refractivity contribution is 5.74. The van der Waals surface area contributed by atoms with E-state index in [0.29, 0.717) is 0 Å². The molecule has 0 radical (unpaired) electrons. The van der Waals surface area contributed by atoms with Crippen LogP contribution in [0.15, 0.2) is 23.9 Å². The van der Waals surface area contributed by atoms with E-state index in [4.69, 9.17) is 0 Å². The summed E-state index contributed by atoms with van der Waals surface area (Å²) < 4.78 is 0. The molecule has 0 spiro atoms. The number of hydrogen-bond donors (Lipinski definition) is 1. The molecule has 0 atom stereocenters. The molecule has 68 valence electrons. The summed E-state index contributed by atoms with van der Waals surface area (Å²) in [5, 5.41) is 2.78. The van der Waals surface area contributed by atoms with Gasteiger partial charge < -0.3 is 5.32 Å². The Morgan fingerprint density at radius 3 is 2.58 bits per heavy atom. The van der Waals surface area contributed by atoms with Crippen LogP contribution in [0.5, 0.6) is 0 Å². The van der Waals surface area contributed by atoms with Crippen molar-refractivity contribution in [1.29, 1.82) is 0 Å². The average Bonchev–Trinajstić information content (AvgIpc) is 2.02. The fourth-order valence-electron chi connectivity index (χ4n) is 0.856. The van der Waals surface area contributed by atoms with E-state index in [2.05, 4.69) is 11.4 Å². The second-order valence-electron chi connectivity index (χ2n) is 2.57. The Balaban J connectivity index is 3.95. The number of allylic oxidation sites excluding steroid dienone is 4. The molecule has 0 aliphatic heterocycles. The summed E-state index contributed by atoms with van der Waals surface area (Å²) in [4.78, 5) is 10.7. The van der Waals surface area contributed by atoms with Crippen molar-refractivity contribution in [2.45, 2.75) is 33.6 Å². The lowest BCUT2D eigenvalue weighted by atomic mass is 10.2. The Bertz CT molecular complexity index is 192. The van der Waals surface area contributed by atoms with Gasteiger partial charge in [0.15, 0.2) is 0 Å². The Kier molecular flexibility index (Phi) is 6.07.